The molecule has 6 nitrogen and oxygen atoms in total. The number of anilines is 1. The van der Waals surface area contributed by atoms with Crippen LogP contribution < -0.4 is 14.8 Å². The molecule has 0 fully saturated rings. The lowest BCUT2D eigenvalue weighted by Crippen LogP contribution is -2.40. The molecule has 150 valence electrons. The molecule has 1 atom stereocenters. The Balaban J connectivity index is 1.94. The van der Waals surface area contributed by atoms with E-state index in [1.165, 1.54) is 6.92 Å². The third-order valence-corrected chi connectivity index (χ3v) is 4.78. The first-order chi connectivity index (χ1) is 13.3. The van der Waals surface area contributed by atoms with E-state index < -0.39 is 0 Å². The van der Waals surface area contributed by atoms with Crippen molar-refractivity contribution in [2.75, 3.05) is 33.1 Å². The third-order valence-electron chi connectivity index (χ3n) is 4.78. The first-order valence-corrected chi connectivity index (χ1v) is 9.18. The molecule has 0 aliphatic rings. The van der Waals surface area contributed by atoms with Crippen LogP contribution in [0.25, 0.3) is 0 Å². The van der Waals surface area contributed by atoms with Crippen LogP contribution in [0.5, 0.6) is 11.5 Å². The molecule has 0 unspecified atom stereocenters. The van der Waals surface area contributed by atoms with E-state index in [1.807, 2.05) is 37.1 Å². The molecule has 0 radical (unpaired) electrons. The third kappa shape index (κ3) is 5.57. The monoisotopic (exact) mass is 384 g/mol. The van der Waals surface area contributed by atoms with Gasteiger partial charge in [0.25, 0.3) is 0 Å². The number of carbonyl (C=O) groups is 2. The summed E-state index contributed by atoms with van der Waals surface area (Å²) in [5.41, 5.74) is 2.30. The van der Waals surface area contributed by atoms with Crippen LogP contribution in [-0.4, -0.2) is 50.4 Å². The Morgan fingerprint density at radius 3 is 2.43 bits per heavy atom. The zero-order valence-corrected chi connectivity index (χ0v) is 17.1. The number of methoxy groups -OCH3 is 2. The van der Waals surface area contributed by atoms with Gasteiger partial charge < -0.3 is 14.8 Å². The lowest BCUT2D eigenvalue weighted by Gasteiger charge is -2.24. The fraction of sp³-hybridized carbons (Fsp3) is 0.364. The van der Waals surface area contributed by atoms with Crippen molar-refractivity contribution in [3.05, 3.63) is 53.6 Å². The van der Waals surface area contributed by atoms with Gasteiger partial charge in [-0.2, -0.15) is 0 Å². The van der Waals surface area contributed by atoms with E-state index in [2.05, 4.69) is 5.32 Å². The van der Waals surface area contributed by atoms with Crippen molar-refractivity contribution in [3.8, 4) is 11.5 Å². The molecular formula is C22H28N2O4. The molecule has 0 aliphatic heterocycles. The molecule has 0 aromatic heterocycles. The van der Waals surface area contributed by atoms with Crippen LogP contribution in [-0.2, 0) is 11.2 Å². The Kier molecular flexibility index (Phi) is 7.58. The Morgan fingerprint density at radius 1 is 1.07 bits per heavy atom. The van der Waals surface area contributed by atoms with Gasteiger partial charge in [-0.05, 0) is 57.1 Å². The predicted molar refractivity (Wildman–Crippen MR) is 110 cm³/mol. The molecule has 1 amide bonds. The van der Waals surface area contributed by atoms with Crippen molar-refractivity contribution >= 4 is 17.4 Å². The van der Waals surface area contributed by atoms with E-state index >= 15 is 0 Å². The summed E-state index contributed by atoms with van der Waals surface area (Å²) in [5, 5.41) is 2.88. The van der Waals surface area contributed by atoms with Crippen molar-refractivity contribution in [2.24, 2.45) is 0 Å². The summed E-state index contributed by atoms with van der Waals surface area (Å²) >= 11 is 0. The minimum absolute atomic E-state index is 0.0313. The predicted octanol–water partition coefficient (Wildman–Crippen LogP) is 3.41. The highest BCUT2D eigenvalue weighted by atomic mass is 16.5. The number of likely N-dealkylation sites (N-methyl/N-ethyl adjacent to an activating group) is 1. The van der Waals surface area contributed by atoms with E-state index in [4.69, 9.17) is 9.47 Å². The number of benzene rings is 2. The molecule has 2 aromatic carbocycles. The van der Waals surface area contributed by atoms with E-state index in [-0.39, 0.29) is 17.7 Å². The smallest absolute Gasteiger partial charge is 0.241 e. The molecule has 0 spiro atoms. The van der Waals surface area contributed by atoms with Gasteiger partial charge in [0.1, 0.15) is 0 Å². The maximum Gasteiger partial charge on any atom is 0.241 e. The minimum Gasteiger partial charge on any atom is -0.493 e. The Bertz CT molecular complexity index is 835. The Morgan fingerprint density at radius 2 is 1.79 bits per heavy atom. The number of nitrogens with one attached hydrogen (secondary N) is 1. The van der Waals surface area contributed by atoms with E-state index in [0.717, 1.165) is 12.0 Å². The largest absolute Gasteiger partial charge is 0.493 e. The number of ketones is 1. The number of hydrogen-bond acceptors (Lipinski definition) is 5. The topological polar surface area (TPSA) is 67.9 Å². The van der Waals surface area contributed by atoms with Crippen molar-refractivity contribution in [2.45, 2.75) is 26.3 Å². The van der Waals surface area contributed by atoms with Crippen LogP contribution in [0.1, 0.15) is 29.8 Å². The first kappa shape index (κ1) is 21.4. The Hall–Kier alpha value is -2.86. The molecule has 28 heavy (non-hydrogen) atoms. The molecule has 0 bridgehead atoms. The van der Waals surface area contributed by atoms with Gasteiger partial charge >= 0.3 is 0 Å². The summed E-state index contributed by atoms with van der Waals surface area (Å²) in [7, 11) is 5.13. The second kappa shape index (κ2) is 9.90. The number of Topliss-reactive ketones (excluding diaryl/α,β-unsaturated/α-hetero) is 1. The zero-order chi connectivity index (χ0) is 20.7. The number of ether oxygens (including phenoxy) is 2. The van der Waals surface area contributed by atoms with Gasteiger partial charge in [-0.15, -0.1) is 0 Å². The van der Waals surface area contributed by atoms with Crippen LogP contribution in [0.15, 0.2) is 42.5 Å². The van der Waals surface area contributed by atoms with E-state index in [9.17, 15) is 9.59 Å². The number of carbonyl (C=O) groups excluding carboxylic acids is 2. The number of hydrogen-bond donors (Lipinski definition) is 1. The molecule has 2 rings (SSSR count). The summed E-state index contributed by atoms with van der Waals surface area (Å²) in [6.07, 6.45) is 0.772. The van der Waals surface area contributed by atoms with Gasteiger partial charge in [0.15, 0.2) is 17.3 Å². The van der Waals surface area contributed by atoms with Crippen molar-refractivity contribution in [1.82, 2.24) is 4.90 Å². The van der Waals surface area contributed by atoms with Crippen LogP contribution >= 0.6 is 0 Å². The van der Waals surface area contributed by atoms with Gasteiger partial charge in [-0.1, -0.05) is 18.2 Å². The van der Waals surface area contributed by atoms with Crippen molar-refractivity contribution in [3.63, 3.8) is 0 Å². The van der Waals surface area contributed by atoms with Gasteiger partial charge in [-0.25, -0.2) is 0 Å². The highest BCUT2D eigenvalue weighted by Crippen LogP contribution is 2.27. The number of nitrogens with zero attached hydrogens (tertiary/aromatic N) is 1. The van der Waals surface area contributed by atoms with Crippen LogP contribution in [0.3, 0.4) is 0 Å². The second-order valence-electron chi connectivity index (χ2n) is 6.72. The summed E-state index contributed by atoms with van der Waals surface area (Å²) in [5.74, 6) is 1.24. The maximum absolute atomic E-state index is 12.6. The summed E-state index contributed by atoms with van der Waals surface area (Å²) in [4.78, 5) is 26.0. The van der Waals surface area contributed by atoms with Gasteiger partial charge in [0.2, 0.25) is 5.91 Å². The van der Waals surface area contributed by atoms with E-state index in [1.54, 1.807) is 38.5 Å². The quantitative estimate of drug-likeness (QED) is 0.671. The van der Waals surface area contributed by atoms with Gasteiger partial charge in [0, 0.05) is 17.8 Å². The van der Waals surface area contributed by atoms with Gasteiger partial charge in [0.05, 0.1) is 20.3 Å². The standard InChI is InChI=1S/C22H28N2O4/c1-15(22(26)23-19-8-6-7-18(14-19)16(2)25)24(3)12-11-17-9-10-20(27-4)21(13-17)28-5/h6-10,13-15H,11-12H2,1-5H3,(H,23,26)/t15-/m1/s1. The lowest BCUT2D eigenvalue weighted by atomic mass is 10.1. The molecule has 2 aromatic rings. The SMILES string of the molecule is COc1ccc(CCN(C)[C@H](C)C(=O)Nc2cccc(C(C)=O)c2)cc1OC. The van der Waals surface area contributed by atoms with Crippen molar-refractivity contribution in [1.29, 1.82) is 0 Å². The Labute approximate surface area is 166 Å². The second-order valence-corrected chi connectivity index (χ2v) is 6.72. The minimum atomic E-state index is -0.318. The molecule has 0 saturated heterocycles. The number of amides is 1. The maximum atomic E-state index is 12.6. The normalized spacial score (nSPS) is 11.8. The summed E-state index contributed by atoms with van der Waals surface area (Å²) < 4.78 is 10.6. The van der Waals surface area contributed by atoms with Crippen molar-refractivity contribution < 1.29 is 19.1 Å². The highest BCUT2D eigenvalue weighted by molar-refractivity contribution is 5.98. The van der Waals surface area contributed by atoms with Crippen LogP contribution in [0.4, 0.5) is 5.69 Å². The summed E-state index contributed by atoms with van der Waals surface area (Å²) in [6.45, 7) is 4.07. The van der Waals surface area contributed by atoms with Crippen LogP contribution in [0, 0.1) is 0 Å². The molecule has 6 heteroatoms. The molecule has 0 aliphatic carbocycles. The average Bonchev–Trinajstić information content (AvgIpc) is 2.71. The molecule has 0 saturated carbocycles. The zero-order valence-electron chi connectivity index (χ0n) is 17.1. The van der Waals surface area contributed by atoms with Crippen LogP contribution in [0.2, 0.25) is 0 Å². The first-order valence-electron chi connectivity index (χ1n) is 9.18. The molecule has 1 N–H and O–H groups in total. The van der Waals surface area contributed by atoms with E-state index in [0.29, 0.717) is 29.3 Å². The molecular weight excluding hydrogens is 356 g/mol. The molecule has 0 heterocycles. The fourth-order valence-electron chi connectivity index (χ4n) is 2.80. The lowest BCUT2D eigenvalue weighted by molar-refractivity contribution is -0.120. The number of rotatable bonds is 9. The highest BCUT2D eigenvalue weighted by Gasteiger charge is 2.18. The summed E-state index contributed by atoms with van der Waals surface area (Å²) in [6, 6.07) is 12.5. The van der Waals surface area contributed by atoms with Gasteiger partial charge in [-0.3, -0.25) is 14.5 Å². The average molecular weight is 384 g/mol. The fourth-order valence-corrected chi connectivity index (χ4v) is 2.80.